The Morgan fingerprint density at radius 3 is 1.24 bits per heavy atom. The highest BCUT2D eigenvalue weighted by Crippen LogP contribution is 2.12. The van der Waals surface area contributed by atoms with E-state index in [9.17, 15) is 14.4 Å². The van der Waals surface area contributed by atoms with E-state index in [2.05, 4.69) is 93.7 Å². The average Bonchev–Trinajstić information content (AvgIpc) is 3.10. The van der Waals surface area contributed by atoms with Crippen LogP contribution in [-0.4, -0.2) is 37.2 Å². The zero-order chi connectivity index (χ0) is 35.9. The van der Waals surface area contributed by atoms with E-state index in [-0.39, 0.29) is 44.0 Å². The number of carbonyl (C=O) groups excluding carboxylic acids is 3. The molecule has 0 bridgehead atoms. The van der Waals surface area contributed by atoms with E-state index < -0.39 is 6.10 Å². The molecule has 6 nitrogen and oxygen atoms in total. The molecule has 0 amide bonds. The molecule has 0 aromatic rings. The number of carbonyl (C=O) groups is 3. The first-order valence-corrected chi connectivity index (χ1v) is 19.4. The molecule has 0 aromatic carbocycles. The molecular weight excluding hydrogens is 612 g/mol. The van der Waals surface area contributed by atoms with Gasteiger partial charge in [-0.25, -0.2) is 0 Å². The molecule has 0 heterocycles. The number of ether oxygens (including phenoxy) is 3. The van der Waals surface area contributed by atoms with Crippen LogP contribution in [0.4, 0.5) is 0 Å². The number of rotatable bonds is 33. The van der Waals surface area contributed by atoms with Crippen molar-refractivity contribution in [2.45, 2.75) is 168 Å². The van der Waals surface area contributed by atoms with Crippen LogP contribution in [-0.2, 0) is 28.6 Å². The van der Waals surface area contributed by atoms with Crippen molar-refractivity contribution in [2.75, 3.05) is 13.2 Å². The number of allylic oxidation sites excluding steroid dienone is 12. The Bertz CT molecular complexity index is 971. The van der Waals surface area contributed by atoms with Crippen LogP contribution in [0.25, 0.3) is 0 Å². The zero-order valence-corrected chi connectivity index (χ0v) is 31.4. The van der Waals surface area contributed by atoms with Gasteiger partial charge in [-0.1, -0.05) is 145 Å². The molecule has 0 aliphatic carbocycles. The van der Waals surface area contributed by atoms with Crippen LogP contribution in [0, 0.1) is 0 Å². The molecule has 6 heteroatoms. The van der Waals surface area contributed by atoms with Crippen molar-refractivity contribution in [3.05, 3.63) is 72.9 Å². The molecule has 278 valence electrons. The summed E-state index contributed by atoms with van der Waals surface area (Å²) >= 11 is 0. The Labute approximate surface area is 300 Å². The van der Waals surface area contributed by atoms with Crippen molar-refractivity contribution in [3.63, 3.8) is 0 Å². The highest BCUT2D eigenvalue weighted by Gasteiger charge is 2.19. The first-order valence-electron chi connectivity index (χ1n) is 19.4. The quantitative estimate of drug-likeness (QED) is 0.0297. The molecule has 0 fully saturated rings. The van der Waals surface area contributed by atoms with Gasteiger partial charge in [0, 0.05) is 19.3 Å². The first kappa shape index (κ1) is 45.9. The monoisotopic (exact) mass is 683 g/mol. The molecule has 0 aliphatic rings. The molecule has 0 rings (SSSR count). The predicted molar refractivity (Wildman–Crippen MR) is 205 cm³/mol. The highest BCUT2D eigenvalue weighted by molar-refractivity contribution is 5.71. The van der Waals surface area contributed by atoms with E-state index >= 15 is 0 Å². The van der Waals surface area contributed by atoms with Gasteiger partial charge in [-0.2, -0.15) is 0 Å². The fourth-order valence-corrected chi connectivity index (χ4v) is 4.84. The van der Waals surface area contributed by atoms with Crippen LogP contribution >= 0.6 is 0 Å². The first-order chi connectivity index (χ1) is 24.0. The highest BCUT2D eigenvalue weighted by atomic mass is 16.6. The SMILES string of the molecule is CC/C=C\C/C=C\C/C=C\CCCC(=O)OCC(COC(=O)CCCCCCCCCCC)OC(=O)CCC/C=C\C/C=C\C/C=C\CC. The fourth-order valence-electron chi connectivity index (χ4n) is 4.84. The maximum absolute atomic E-state index is 12.6. The average molecular weight is 683 g/mol. The van der Waals surface area contributed by atoms with E-state index in [4.69, 9.17) is 14.2 Å². The Hall–Kier alpha value is -3.15. The molecule has 0 saturated carbocycles. The molecule has 0 saturated heterocycles. The van der Waals surface area contributed by atoms with Gasteiger partial charge in [0.1, 0.15) is 13.2 Å². The van der Waals surface area contributed by atoms with Gasteiger partial charge in [-0.15, -0.1) is 0 Å². The lowest BCUT2D eigenvalue weighted by molar-refractivity contribution is -0.167. The molecule has 1 atom stereocenters. The summed E-state index contributed by atoms with van der Waals surface area (Å²) in [5.41, 5.74) is 0. The van der Waals surface area contributed by atoms with Gasteiger partial charge >= 0.3 is 17.9 Å². The Balaban J connectivity index is 4.55. The molecular formula is C43H70O6. The summed E-state index contributed by atoms with van der Waals surface area (Å²) < 4.78 is 16.5. The summed E-state index contributed by atoms with van der Waals surface area (Å²) in [6.07, 6.45) is 44.8. The standard InChI is InChI=1S/C43H70O6/c1-4-7-10-13-16-19-21-24-27-30-33-36-42(45)48-39-40(38-47-41(44)35-32-29-26-23-18-15-12-9-6-3)49-43(46)37-34-31-28-25-22-20-17-14-11-8-5-2/h7-8,10-11,16-17,19-20,24-25,27-28,40H,4-6,9,12-15,18,21-23,26,29-39H2,1-3H3/b10-7-,11-8-,19-16-,20-17-,27-24-,28-25-. The summed E-state index contributed by atoms with van der Waals surface area (Å²) in [6.45, 7) is 6.24. The van der Waals surface area contributed by atoms with Crippen molar-refractivity contribution in [1.82, 2.24) is 0 Å². The number of hydrogen-bond acceptors (Lipinski definition) is 6. The number of hydrogen-bond donors (Lipinski definition) is 0. The lowest BCUT2D eigenvalue weighted by Crippen LogP contribution is -2.30. The minimum absolute atomic E-state index is 0.112. The van der Waals surface area contributed by atoms with Gasteiger partial charge in [0.25, 0.3) is 0 Å². The van der Waals surface area contributed by atoms with E-state index in [1.54, 1.807) is 0 Å². The van der Waals surface area contributed by atoms with Crippen molar-refractivity contribution < 1.29 is 28.6 Å². The third-order valence-electron chi connectivity index (χ3n) is 7.71. The summed E-state index contributed by atoms with van der Waals surface area (Å²) in [5.74, 6) is -1.04. The maximum atomic E-state index is 12.6. The van der Waals surface area contributed by atoms with E-state index in [1.807, 2.05) is 0 Å². The van der Waals surface area contributed by atoms with Crippen LogP contribution in [0.3, 0.4) is 0 Å². The van der Waals surface area contributed by atoms with Gasteiger partial charge < -0.3 is 14.2 Å². The molecule has 0 spiro atoms. The van der Waals surface area contributed by atoms with Crippen LogP contribution in [0.2, 0.25) is 0 Å². The second kappa shape index (κ2) is 37.7. The normalized spacial score (nSPS) is 12.8. The topological polar surface area (TPSA) is 78.9 Å². The fraction of sp³-hybridized carbons (Fsp3) is 0.651. The number of unbranched alkanes of at least 4 members (excludes halogenated alkanes) is 10. The van der Waals surface area contributed by atoms with E-state index in [1.165, 1.54) is 38.5 Å². The summed E-state index contributed by atoms with van der Waals surface area (Å²) in [4.78, 5) is 37.4. The summed E-state index contributed by atoms with van der Waals surface area (Å²) in [7, 11) is 0. The molecule has 0 aliphatic heterocycles. The smallest absolute Gasteiger partial charge is 0.306 e. The Kier molecular flexibility index (Phi) is 35.2. The van der Waals surface area contributed by atoms with Crippen molar-refractivity contribution in [1.29, 1.82) is 0 Å². The van der Waals surface area contributed by atoms with Crippen molar-refractivity contribution >= 4 is 17.9 Å². The van der Waals surface area contributed by atoms with Crippen LogP contribution in [0.15, 0.2) is 72.9 Å². The largest absolute Gasteiger partial charge is 0.462 e. The van der Waals surface area contributed by atoms with E-state index in [0.717, 1.165) is 70.6 Å². The van der Waals surface area contributed by atoms with Crippen LogP contribution in [0.1, 0.15) is 162 Å². The van der Waals surface area contributed by atoms with Crippen molar-refractivity contribution in [2.24, 2.45) is 0 Å². The third kappa shape index (κ3) is 36.0. The summed E-state index contributed by atoms with van der Waals surface area (Å²) in [5, 5.41) is 0. The van der Waals surface area contributed by atoms with Gasteiger partial charge in [0.05, 0.1) is 0 Å². The molecule has 1 unspecified atom stereocenters. The lowest BCUT2D eigenvalue weighted by Gasteiger charge is -2.18. The van der Waals surface area contributed by atoms with E-state index in [0.29, 0.717) is 19.3 Å². The predicted octanol–water partition coefficient (Wildman–Crippen LogP) is 12.0. The number of esters is 3. The minimum atomic E-state index is -0.815. The maximum Gasteiger partial charge on any atom is 0.306 e. The van der Waals surface area contributed by atoms with Gasteiger partial charge in [-0.3, -0.25) is 14.4 Å². The molecule has 0 N–H and O–H groups in total. The molecule has 0 radical (unpaired) electrons. The van der Waals surface area contributed by atoms with Gasteiger partial charge in [0.2, 0.25) is 0 Å². The van der Waals surface area contributed by atoms with Gasteiger partial charge in [-0.05, 0) is 70.6 Å². The minimum Gasteiger partial charge on any atom is -0.462 e. The lowest BCUT2D eigenvalue weighted by atomic mass is 10.1. The van der Waals surface area contributed by atoms with Gasteiger partial charge in [0.15, 0.2) is 6.10 Å². The van der Waals surface area contributed by atoms with Crippen LogP contribution in [0.5, 0.6) is 0 Å². The molecule has 49 heavy (non-hydrogen) atoms. The third-order valence-corrected chi connectivity index (χ3v) is 7.71. The summed E-state index contributed by atoms with van der Waals surface area (Å²) in [6, 6.07) is 0. The Morgan fingerprint density at radius 2 is 0.796 bits per heavy atom. The Morgan fingerprint density at radius 1 is 0.429 bits per heavy atom. The zero-order valence-electron chi connectivity index (χ0n) is 31.4. The van der Waals surface area contributed by atoms with Crippen molar-refractivity contribution in [3.8, 4) is 0 Å². The molecule has 0 aromatic heterocycles. The second-order valence-corrected chi connectivity index (χ2v) is 12.4. The van der Waals surface area contributed by atoms with Crippen LogP contribution < -0.4 is 0 Å². The second-order valence-electron chi connectivity index (χ2n) is 12.4.